The molecule has 0 aliphatic carbocycles. The highest BCUT2D eigenvalue weighted by Crippen LogP contribution is 2.17. The van der Waals surface area contributed by atoms with Gasteiger partial charge in [-0.15, -0.1) is 0 Å². The van der Waals surface area contributed by atoms with Gasteiger partial charge in [0.2, 0.25) is 0 Å². The molecule has 3 nitrogen and oxygen atoms in total. The first-order valence-electron chi connectivity index (χ1n) is 5.42. The summed E-state index contributed by atoms with van der Waals surface area (Å²) in [4.78, 5) is 7.88. The number of para-hydroxylation sites is 1. The van der Waals surface area contributed by atoms with Crippen LogP contribution in [0.1, 0.15) is 25.2 Å². The molecule has 0 fully saturated rings. The zero-order valence-electron chi connectivity index (χ0n) is 9.25. The molecule has 1 heterocycles. The summed E-state index contributed by atoms with van der Waals surface area (Å²) in [6.45, 7) is 4.12. The molecular weight excluding hydrogens is 186 g/mol. The summed E-state index contributed by atoms with van der Waals surface area (Å²) in [7, 11) is 0. The molecule has 15 heavy (non-hydrogen) atoms. The number of rotatable bonds is 3. The number of benzene rings is 1. The van der Waals surface area contributed by atoms with E-state index >= 15 is 0 Å². The van der Waals surface area contributed by atoms with E-state index in [1.54, 1.807) is 0 Å². The van der Waals surface area contributed by atoms with Gasteiger partial charge in [0.25, 0.3) is 0 Å². The molecule has 2 rings (SSSR count). The van der Waals surface area contributed by atoms with Crippen molar-refractivity contribution in [2.45, 2.75) is 32.7 Å². The Morgan fingerprint density at radius 2 is 2.27 bits per heavy atom. The van der Waals surface area contributed by atoms with Crippen LogP contribution in [0.15, 0.2) is 18.2 Å². The zero-order valence-corrected chi connectivity index (χ0v) is 9.25. The number of nitrogens with one attached hydrogen (secondary N) is 1. The summed E-state index contributed by atoms with van der Waals surface area (Å²) >= 11 is 0. The molecule has 2 aromatic rings. The van der Waals surface area contributed by atoms with Gasteiger partial charge in [-0.2, -0.15) is 0 Å². The molecule has 0 saturated carbocycles. The van der Waals surface area contributed by atoms with Gasteiger partial charge in [0.05, 0.1) is 11.0 Å². The van der Waals surface area contributed by atoms with E-state index in [-0.39, 0.29) is 6.04 Å². The molecule has 1 unspecified atom stereocenters. The highest BCUT2D eigenvalue weighted by Gasteiger charge is 2.07. The maximum Gasteiger partial charge on any atom is 0.106 e. The predicted octanol–water partition coefficient (Wildman–Crippen LogP) is 2.02. The maximum atomic E-state index is 5.82. The van der Waals surface area contributed by atoms with E-state index in [9.17, 15) is 0 Å². The number of H-pyrrole nitrogens is 1. The highest BCUT2D eigenvalue weighted by atomic mass is 14.9. The van der Waals surface area contributed by atoms with Gasteiger partial charge in [0.1, 0.15) is 5.82 Å². The fraction of sp³-hybridized carbons (Fsp3) is 0.417. The van der Waals surface area contributed by atoms with Crippen molar-refractivity contribution in [1.82, 2.24) is 9.97 Å². The van der Waals surface area contributed by atoms with Crippen LogP contribution in [-0.2, 0) is 12.8 Å². The second-order valence-electron chi connectivity index (χ2n) is 4.03. The average Bonchev–Trinajstić information content (AvgIpc) is 2.61. The second kappa shape index (κ2) is 4.03. The summed E-state index contributed by atoms with van der Waals surface area (Å²) in [6, 6.07) is 6.40. The first-order valence-corrected chi connectivity index (χ1v) is 5.42. The van der Waals surface area contributed by atoms with Crippen molar-refractivity contribution < 1.29 is 0 Å². The van der Waals surface area contributed by atoms with Crippen molar-refractivity contribution in [2.24, 2.45) is 5.73 Å². The number of aryl methyl sites for hydroxylation is 1. The molecule has 0 aliphatic heterocycles. The van der Waals surface area contributed by atoms with Gasteiger partial charge in [-0.25, -0.2) is 4.98 Å². The molecule has 0 bridgehead atoms. The molecule has 1 aromatic heterocycles. The Labute approximate surface area is 89.7 Å². The van der Waals surface area contributed by atoms with Gasteiger partial charge in [-0.1, -0.05) is 19.1 Å². The van der Waals surface area contributed by atoms with Crippen LogP contribution < -0.4 is 5.73 Å². The number of fused-ring (bicyclic) bond motifs is 1. The Kier molecular flexibility index (Phi) is 2.73. The lowest BCUT2D eigenvalue weighted by molar-refractivity contribution is 0.741. The van der Waals surface area contributed by atoms with E-state index in [0.29, 0.717) is 0 Å². The third-order valence-corrected chi connectivity index (χ3v) is 2.52. The van der Waals surface area contributed by atoms with Crippen LogP contribution in [0.4, 0.5) is 0 Å². The predicted molar refractivity (Wildman–Crippen MR) is 62.8 cm³/mol. The van der Waals surface area contributed by atoms with Gasteiger partial charge >= 0.3 is 0 Å². The van der Waals surface area contributed by atoms with Crippen LogP contribution >= 0.6 is 0 Å². The maximum absolute atomic E-state index is 5.82. The molecule has 0 saturated heterocycles. The molecule has 1 atom stereocenters. The smallest absolute Gasteiger partial charge is 0.106 e. The molecule has 80 valence electrons. The highest BCUT2D eigenvalue weighted by molar-refractivity contribution is 5.78. The number of hydrogen-bond acceptors (Lipinski definition) is 2. The van der Waals surface area contributed by atoms with E-state index in [4.69, 9.17) is 5.73 Å². The van der Waals surface area contributed by atoms with Crippen molar-refractivity contribution in [3.05, 3.63) is 29.6 Å². The van der Waals surface area contributed by atoms with E-state index in [0.717, 1.165) is 29.7 Å². The lowest BCUT2D eigenvalue weighted by Gasteiger charge is -2.04. The summed E-state index contributed by atoms with van der Waals surface area (Å²) in [6.07, 6.45) is 1.82. The van der Waals surface area contributed by atoms with Crippen molar-refractivity contribution in [1.29, 1.82) is 0 Å². The lowest BCUT2D eigenvalue weighted by Crippen LogP contribution is -2.17. The number of aromatic amines is 1. The Bertz CT molecular complexity index is 457. The van der Waals surface area contributed by atoms with Crippen LogP contribution in [0, 0.1) is 0 Å². The van der Waals surface area contributed by atoms with Crippen molar-refractivity contribution in [2.75, 3.05) is 0 Å². The number of nitrogens with two attached hydrogens (primary N) is 1. The van der Waals surface area contributed by atoms with E-state index < -0.39 is 0 Å². The van der Waals surface area contributed by atoms with Gasteiger partial charge in [-0.05, 0) is 25.0 Å². The third-order valence-electron chi connectivity index (χ3n) is 2.52. The number of nitrogens with zero attached hydrogens (tertiary/aromatic N) is 1. The second-order valence-corrected chi connectivity index (χ2v) is 4.03. The molecule has 0 spiro atoms. The molecular formula is C12H17N3. The summed E-state index contributed by atoms with van der Waals surface area (Å²) in [5.41, 5.74) is 9.24. The van der Waals surface area contributed by atoms with Crippen LogP contribution in [0.2, 0.25) is 0 Å². The molecule has 1 aromatic carbocycles. The van der Waals surface area contributed by atoms with Crippen LogP contribution in [-0.4, -0.2) is 16.0 Å². The third kappa shape index (κ3) is 2.02. The van der Waals surface area contributed by atoms with Crippen molar-refractivity contribution in [3.8, 4) is 0 Å². The van der Waals surface area contributed by atoms with Crippen molar-refractivity contribution >= 4 is 11.0 Å². The van der Waals surface area contributed by atoms with Gasteiger partial charge in [0.15, 0.2) is 0 Å². The van der Waals surface area contributed by atoms with E-state index in [1.165, 1.54) is 5.56 Å². The summed E-state index contributed by atoms with van der Waals surface area (Å²) < 4.78 is 0. The SMILES string of the molecule is CCc1nc2c(CC(C)N)cccc2[nH]1. The van der Waals surface area contributed by atoms with E-state index in [1.807, 2.05) is 6.92 Å². The van der Waals surface area contributed by atoms with Gasteiger partial charge in [0, 0.05) is 12.5 Å². The van der Waals surface area contributed by atoms with Crippen molar-refractivity contribution in [3.63, 3.8) is 0 Å². The zero-order chi connectivity index (χ0) is 10.8. The number of aromatic nitrogens is 2. The molecule has 3 heteroatoms. The van der Waals surface area contributed by atoms with Gasteiger partial charge < -0.3 is 10.7 Å². The Balaban J connectivity index is 2.49. The first kappa shape index (κ1) is 10.2. The fourth-order valence-electron chi connectivity index (χ4n) is 1.82. The largest absolute Gasteiger partial charge is 0.342 e. The number of imidazole rings is 1. The number of hydrogen-bond donors (Lipinski definition) is 2. The van der Waals surface area contributed by atoms with Gasteiger partial charge in [-0.3, -0.25) is 0 Å². The minimum Gasteiger partial charge on any atom is -0.342 e. The topological polar surface area (TPSA) is 54.7 Å². The van der Waals surface area contributed by atoms with Crippen LogP contribution in [0.25, 0.3) is 11.0 Å². The Hall–Kier alpha value is -1.35. The van der Waals surface area contributed by atoms with E-state index in [2.05, 4.69) is 35.1 Å². The Morgan fingerprint density at radius 1 is 1.47 bits per heavy atom. The Morgan fingerprint density at radius 3 is 2.93 bits per heavy atom. The lowest BCUT2D eigenvalue weighted by atomic mass is 10.1. The monoisotopic (exact) mass is 203 g/mol. The summed E-state index contributed by atoms with van der Waals surface area (Å²) in [5, 5.41) is 0. The minimum absolute atomic E-state index is 0.178. The summed E-state index contributed by atoms with van der Waals surface area (Å²) in [5.74, 6) is 1.04. The molecule has 0 aliphatic rings. The molecule has 0 amide bonds. The quantitative estimate of drug-likeness (QED) is 0.801. The molecule has 3 N–H and O–H groups in total. The first-order chi connectivity index (χ1) is 7.20. The molecule has 0 radical (unpaired) electrons. The van der Waals surface area contributed by atoms with Crippen LogP contribution in [0.3, 0.4) is 0 Å². The average molecular weight is 203 g/mol. The minimum atomic E-state index is 0.178. The standard InChI is InChI=1S/C12H17N3/c1-3-11-14-10-6-4-5-9(7-8(2)13)12(10)15-11/h4-6,8H,3,7,13H2,1-2H3,(H,14,15). The fourth-order valence-corrected chi connectivity index (χ4v) is 1.82. The normalized spacial score (nSPS) is 13.3. The van der Waals surface area contributed by atoms with Crippen LogP contribution in [0.5, 0.6) is 0 Å².